The average Bonchev–Trinajstić information content (AvgIpc) is 3.57. The summed E-state index contributed by atoms with van der Waals surface area (Å²) in [7, 11) is 0. The summed E-state index contributed by atoms with van der Waals surface area (Å²) in [4.78, 5) is 18.7. The molecule has 0 spiro atoms. The van der Waals surface area contributed by atoms with Crippen LogP contribution in [0.4, 0.5) is 8.78 Å². The van der Waals surface area contributed by atoms with Crippen LogP contribution in [0.25, 0.3) is 11.2 Å². The Kier molecular flexibility index (Phi) is 7.05. The van der Waals surface area contributed by atoms with Gasteiger partial charge in [0.25, 0.3) is 0 Å². The molecule has 0 radical (unpaired) electrons. The van der Waals surface area contributed by atoms with E-state index in [0.717, 1.165) is 30.3 Å². The van der Waals surface area contributed by atoms with Crippen molar-refractivity contribution in [3.8, 4) is 0 Å². The molecule has 0 bridgehead atoms. The van der Waals surface area contributed by atoms with Crippen molar-refractivity contribution in [2.45, 2.75) is 89.5 Å². The van der Waals surface area contributed by atoms with Crippen LogP contribution in [-0.4, -0.2) is 55.3 Å². The van der Waals surface area contributed by atoms with Gasteiger partial charge in [-0.2, -0.15) is 5.10 Å². The van der Waals surface area contributed by atoms with Crippen molar-refractivity contribution in [1.29, 1.82) is 0 Å². The summed E-state index contributed by atoms with van der Waals surface area (Å²) in [6, 6.07) is 2.71. The highest BCUT2D eigenvalue weighted by Gasteiger charge is 2.38. The van der Waals surface area contributed by atoms with Crippen LogP contribution in [0.1, 0.15) is 86.2 Å². The Hall–Kier alpha value is -2.55. The molecule has 2 unspecified atom stereocenters. The molecule has 188 valence electrons. The van der Waals surface area contributed by atoms with Gasteiger partial charge in [0, 0.05) is 43.4 Å². The number of aryl methyl sites for hydroxylation is 2. The van der Waals surface area contributed by atoms with Gasteiger partial charge in [0.05, 0.1) is 23.1 Å². The van der Waals surface area contributed by atoms with Gasteiger partial charge in [0.1, 0.15) is 23.7 Å². The average molecular weight is 485 g/mol. The van der Waals surface area contributed by atoms with Gasteiger partial charge in [-0.1, -0.05) is 6.92 Å². The molecule has 2 aliphatic carbocycles. The minimum atomic E-state index is -1.17. The number of hydrogen-bond acceptors (Lipinski definition) is 6. The second-order valence-electron chi connectivity index (χ2n) is 10.2. The lowest BCUT2D eigenvalue weighted by molar-refractivity contribution is 0.0743. The Balaban J connectivity index is 0.000000265. The van der Waals surface area contributed by atoms with Gasteiger partial charge >= 0.3 is 0 Å². The second kappa shape index (κ2) is 10.2. The number of nitrogens with zero attached hydrogens (tertiary/aromatic N) is 6. The number of aromatic nitrogens is 6. The third kappa shape index (κ3) is 5.34. The van der Waals surface area contributed by atoms with Crippen molar-refractivity contribution in [2.24, 2.45) is 5.92 Å². The van der Waals surface area contributed by atoms with E-state index in [1.165, 1.54) is 12.8 Å². The minimum absolute atomic E-state index is 0.190. The maximum Gasteiger partial charge on any atom is 0.182 e. The zero-order valence-electron chi connectivity index (χ0n) is 20.7. The second-order valence-corrected chi connectivity index (χ2v) is 10.2. The molecule has 0 N–H and O–H groups in total. The molecular weight excluding hydrogens is 450 g/mol. The molecule has 7 nitrogen and oxygen atoms in total. The molecule has 3 aromatic rings. The van der Waals surface area contributed by atoms with E-state index in [9.17, 15) is 8.78 Å². The Morgan fingerprint density at radius 1 is 0.886 bits per heavy atom. The molecule has 4 heterocycles. The highest BCUT2D eigenvalue weighted by molar-refractivity contribution is 5.73. The number of hydrogen-bond donors (Lipinski definition) is 0. The zero-order chi connectivity index (χ0) is 24.5. The first kappa shape index (κ1) is 24.2. The first-order valence-electron chi connectivity index (χ1n) is 12.8. The van der Waals surface area contributed by atoms with Crippen molar-refractivity contribution in [1.82, 2.24) is 29.7 Å². The van der Waals surface area contributed by atoms with Crippen LogP contribution in [0.2, 0.25) is 0 Å². The summed E-state index contributed by atoms with van der Waals surface area (Å²) in [5.74, 6) is 0.0315. The SMILES string of the molecule is Cc1nc2nc(C3CCOCC3)nc(C3CC(F)C(C)C(F)C3)c2nc1C.c1cnn(C2CC2)c1. The van der Waals surface area contributed by atoms with E-state index in [4.69, 9.17) is 9.72 Å². The molecule has 0 aromatic carbocycles. The van der Waals surface area contributed by atoms with Crippen LogP contribution in [0.3, 0.4) is 0 Å². The Morgan fingerprint density at radius 3 is 2.20 bits per heavy atom. The summed E-state index contributed by atoms with van der Waals surface area (Å²) >= 11 is 0. The zero-order valence-corrected chi connectivity index (χ0v) is 20.7. The molecule has 1 aliphatic heterocycles. The van der Waals surface area contributed by atoms with Crippen LogP contribution in [0, 0.1) is 19.8 Å². The van der Waals surface area contributed by atoms with Crippen molar-refractivity contribution >= 4 is 11.2 Å². The molecule has 2 atom stereocenters. The topological polar surface area (TPSA) is 78.6 Å². The Labute approximate surface area is 204 Å². The van der Waals surface area contributed by atoms with E-state index in [1.807, 2.05) is 37.0 Å². The van der Waals surface area contributed by atoms with Crippen LogP contribution >= 0.6 is 0 Å². The van der Waals surface area contributed by atoms with Crippen molar-refractivity contribution in [3.05, 3.63) is 41.4 Å². The van der Waals surface area contributed by atoms with Crippen LogP contribution in [0.5, 0.6) is 0 Å². The smallest absolute Gasteiger partial charge is 0.182 e. The van der Waals surface area contributed by atoms with E-state index in [2.05, 4.69) is 20.1 Å². The summed E-state index contributed by atoms with van der Waals surface area (Å²) in [5.41, 5.74) is 3.40. The van der Waals surface area contributed by atoms with Gasteiger partial charge in [-0.3, -0.25) is 4.68 Å². The lowest BCUT2D eigenvalue weighted by Crippen LogP contribution is -2.33. The van der Waals surface area contributed by atoms with Gasteiger partial charge in [0.15, 0.2) is 5.65 Å². The van der Waals surface area contributed by atoms with Crippen LogP contribution in [-0.2, 0) is 4.74 Å². The first-order chi connectivity index (χ1) is 16.9. The predicted molar refractivity (Wildman–Crippen MR) is 129 cm³/mol. The van der Waals surface area contributed by atoms with Gasteiger partial charge in [0.2, 0.25) is 0 Å². The lowest BCUT2D eigenvalue weighted by atomic mass is 9.78. The fourth-order valence-electron chi connectivity index (χ4n) is 4.93. The number of alkyl halides is 2. The Bertz CT molecular complexity index is 1130. The molecule has 1 saturated heterocycles. The van der Waals surface area contributed by atoms with E-state index in [-0.39, 0.29) is 24.7 Å². The maximum atomic E-state index is 14.4. The number of fused-ring (bicyclic) bond motifs is 1. The van der Waals surface area contributed by atoms with E-state index in [0.29, 0.717) is 35.9 Å². The minimum Gasteiger partial charge on any atom is -0.381 e. The summed E-state index contributed by atoms with van der Waals surface area (Å²) in [5, 5.41) is 4.09. The Morgan fingerprint density at radius 2 is 1.57 bits per heavy atom. The molecule has 3 aliphatic rings. The van der Waals surface area contributed by atoms with Gasteiger partial charge in [-0.25, -0.2) is 28.7 Å². The fourth-order valence-corrected chi connectivity index (χ4v) is 4.93. The molecule has 9 heteroatoms. The fraction of sp³-hybridized carbons (Fsp3) is 0.654. The van der Waals surface area contributed by atoms with Crippen molar-refractivity contribution < 1.29 is 13.5 Å². The third-order valence-electron chi connectivity index (χ3n) is 7.57. The maximum absolute atomic E-state index is 14.4. The van der Waals surface area contributed by atoms with Crippen molar-refractivity contribution in [3.63, 3.8) is 0 Å². The molecule has 0 amide bonds. The standard InChI is InChI=1S/C20H26F2N4O.C6H8N2/c1-10-15(21)8-14(9-16(10)22)17-18-20(24-12(3)11(2)23-18)26-19(25-17)13-4-6-27-7-5-13;1-4-7-8(5-1)6-2-3-6/h10,13-16H,4-9H2,1-3H3;1,4-6H,2-3H2. The van der Waals surface area contributed by atoms with E-state index in [1.54, 1.807) is 6.92 Å². The predicted octanol–water partition coefficient (Wildman–Crippen LogP) is 5.34. The first-order valence-corrected chi connectivity index (χ1v) is 12.8. The molecule has 35 heavy (non-hydrogen) atoms. The molecule has 3 aromatic heterocycles. The van der Waals surface area contributed by atoms with Crippen LogP contribution < -0.4 is 0 Å². The van der Waals surface area contributed by atoms with Gasteiger partial charge < -0.3 is 4.74 Å². The lowest BCUT2D eigenvalue weighted by Gasteiger charge is -2.32. The summed E-state index contributed by atoms with van der Waals surface area (Å²) < 4.78 is 36.3. The molecular formula is C26H34F2N6O. The monoisotopic (exact) mass is 484 g/mol. The normalized spacial score (nSPS) is 27.5. The number of ether oxygens (including phenoxy) is 1. The quantitative estimate of drug-likeness (QED) is 0.499. The van der Waals surface area contributed by atoms with Gasteiger partial charge in [-0.05, 0) is 58.4 Å². The largest absolute Gasteiger partial charge is 0.381 e. The number of halogens is 2. The molecule has 2 saturated carbocycles. The third-order valence-corrected chi connectivity index (χ3v) is 7.57. The van der Waals surface area contributed by atoms with Gasteiger partial charge in [-0.15, -0.1) is 0 Å². The summed E-state index contributed by atoms with van der Waals surface area (Å²) in [6.45, 7) is 6.79. The number of rotatable bonds is 3. The molecule has 3 fully saturated rings. The van der Waals surface area contributed by atoms with Crippen LogP contribution in [0.15, 0.2) is 18.5 Å². The van der Waals surface area contributed by atoms with E-state index < -0.39 is 18.3 Å². The highest BCUT2D eigenvalue weighted by Crippen LogP contribution is 2.40. The van der Waals surface area contributed by atoms with Crippen molar-refractivity contribution in [2.75, 3.05) is 13.2 Å². The highest BCUT2D eigenvalue weighted by atomic mass is 19.1. The molecule has 6 rings (SSSR count). The van der Waals surface area contributed by atoms with E-state index >= 15 is 0 Å². The summed E-state index contributed by atoms with van der Waals surface area (Å²) in [6.07, 6.45) is 6.40.